The number of hydrogen-bond acceptors (Lipinski definition) is 4. The standard InChI is InChI=1S/C13H14N6O/c20-13(14-7-12-15-8-16-19-12)6-5-11-17-9-3-1-2-4-10(9)18-11/h1-4,8H,5-7H2,(H,14,20)(H,17,18)(H,15,16,19). The Kier molecular flexibility index (Phi) is 3.40. The molecule has 7 heteroatoms. The van der Waals surface area contributed by atoms with Crippen LogP contribution in [0.25, 0.3) is 11.0 Å². The highest BCUT2D eigenvalue weighted by molar-refractivity contribution is 5.77. The van der Waals surface area contributed by atoms with Gasteiger partial charge in [-0.1, -0.05) is 12.1 Å². The Bertz CT molecular complexity index is 670. The van der Waals surface area contributed by atoms with E-state index in [-0.39, 0.29) is 5.91 Å². The van der Waals surface area contributed by atoms with Gasteiger partial charge in [-0.3, -0.25) is 9.89 Å². The number of aromatic amines is 2. The van der Waals surface area contributed by atoms with Crippen molar-refractivity contribution in [3.05, 3.63) is 42.2 Å². The van der Waals surface area contributed by atoms with Crippen LogP contribution in [0.5, 0.6) is 0 Å². The minimum atomic E-state index is -0.0399. The van der Waals surface area contributed by atoms with Crippen molar-refractivity contribution < 1.29 is 4.79 Å². The third-order valence-corrected chi connectivity index (χ3v) is 2.95. The summed E-state index contributed by atoms with van der Waals surface area (Å²) in [6.07, 6.45) is 2.38. The Hall–Kier alpha value is -2.70. The van der Waals surface area contributed by atoms with Crippen LogP contribution >= 0.6 is 0 Å². The topological polar surface area (TPSA) is 99.3 Å². The molecule has 0 bridgehead atoms. The highest BCUT2D eigenvalue weighted by atomic mass is 16.1. The third-order valence-electron chi connectivity index (χ3n) is 2.95. The zero-order valence-electron chi connectivity index (χ0n) is 10.8. The van der Waals surface area contributed by atoms with Crippen LogP contribution in [0.1, 0.15) is 18.1 Å². The van der Waals surface area contributed by atoms with Crippen LogP contribution in [-0.2, 0) is 17.8 Å². The van der Waals surface area contributed by atoms with Crippen molar-refractivity contribution in [3.63, 3.8) is 0 Å². The minimum absolute atomic E-state index is 0.0399. The molecule has 3 N–H and O–H groups in total. The van der Waals surface area contributed by atoms with E-state index in [2.05, 4.69) is 30.5 Å². The molecule has 2 aromatic heterocycles. The number of hydrogen-bond donors (Lipinski definition) is 3. The zero-order chi connectivity index (χ0) is 13.8. The van der Waals surface area contributed by atoms with Gasteiger partial charge in [-0.2, -0.15) is 5.10 Å². The third kappa shape index (κ3) is 2.82. The van der Waals surface area contributed by atoms with Gasteiger partial charge in [0.2, 0.25) is 5.91 Å². The summed E-state index contributed by atoms with van der Waals surface area (Å²) >= 11 is 0. The zero-order valence-corrected chi connectivity index (χ0v) is 10.8. The normalized spacial score (nSPS) is 10.8. The number of imidazole rings is 1. The van der Waals surface area contributed by atoms with E-state index in [4.69, 9.17) is 0 Å². The number of amides is 1. The first-order valence-electron chi connectivity index (χ1n) is 6.36. The van der Waals surface area contributed by atoms with E-state index in [9.17, 15) is 4.79 Å². The molecule has 0 aliphatic carbocycles. The summed E-state index contributed by atoms with van der Waals surface area (Å²) in [6.45, 7) is 0.360. The van der Waals surface area contributed by atoms with Crippen LogP contribution in [-0.4, -0.2) is 31.1 Å². The van der Waals surface area contributed by atoms with Gasteiger partial charge in [-0.05, 0) is 12.1 Å². The lowest BCUT2D eigenvalue weighted by atomic mass is 10.3. The quantitative estimate of drug-likeness (QED) is 0.642. The molecule has 3 aromatic rings. The first-order valence-corrected chi connectivity index (χ1v) is 6.36. The summed E-state index contributed by atoms with van der Waals surface area (Å²) in [5.74, 6) is 1.42. The van der Waals surface area contributed by atoms with Crippen molar-refractivity contribution in [3.8, 4) is 0 Å². The average Bonchev–Trinajstić information content (AvgIpc) is 3.11. The van der Waals surface area contributed by atoms with Gasteiger partial charge in [0.15, 0.2) is 0 Å². The molecule has 0 spiro atoms. The van der Waals surface area contributed by atoms with Crippen molar-refractivity contribution in [2.45, 2.75) is 19.4 Å². The van der Waals surface area contributed by atoms with E-state index in [0.717, 1.165) is 16.9 Å². The Morgan fingerprint density at radius 3 is 2.95 bits per heavy atom. The predicted octanol–water partition coefficient (Wildman–Crippen LogP) is 0.930. The van der Waals surface area contributed by atoms with Crippen molar-refractivity contribution >= 4 is 16.9 Å². The van der Waals surface area contributed by atoms with Gasteiger partial charge in [0.25, 0.3) is 0 Å². The summed E-state index contributed by atoms with van der Waals surface area (Å²) in [5, 5.41) is 9.18. The number of aromatic nitrogens is 5. The van der Waals surface area contributed by atoms with Crippen LogP contribution in [0, 0.1) is 0 Å². The molecular weight excluding hydrogens is 256 g/mol. The predicted molar refractivity (Wildman–Crippen MR) is 72.6 cm³/mol. The van der Waals surface area contributed by atoms with E-state index >= 15 is 0 Å². The monoisotopic (exact) mass is 270 g/mol. The second-order valence-electron chi connectivity index (χ2n) is 4.41. The number of nitrogens with one attached hydrogen (secondary N) is 3. The molecule has 0 unspecified atom stereocenters. The average molecular weight is 270 g/mol. The summed E-state index contributed by atoms with van der Waals surface area (Å²) < 4.78 is 0. The van der Waals surface area contributed by atoms with Crippen LogP contribution in [0.15, 0.2) is 30.6 Å². The van der Waals surface area contributed by atoms with Crippen molar-refractivity contribution in [2.75, 3.05) is 0 Å². The van der Waals surface area contributed by atoms with Crippen molar-refractivity contribution in [1.29, 1.82) is 0 Å². The van der Waals surface area contributed by atoms with Gasteiger partial charge in [-0.15, -0.1) is 0 Å². The largest absolute Gasteiger partial charge is 0.349 e. The van der Waals surface area contributed by atoms with E-state index in [1.54, 1.807) is 0 Å². The number of carbonyl (C=O) groups is 1. The Balaban J connectivity index is 1.52. The Morgan fingerprint density at radius 1 is 1.25 bits per heavy atom. The van der Waals surface area contributed by atoms with Gasteiger partial charge >= 0.3 is 0 Å². The first kappa shape index (κ1) is 12.3. The summed E-state index contributed by atoms with van der Waals surface area (Å²) in [5.41, 5.74) is 1.91. The molecule has 0 saturated heterocycles. The lowest BCUT2D eigenvalue weighted by Gasteiger charge is -2.01. The number of rotatable bonds is 5. The molecule has 2 heterocycles. The molecule has 1 amide bonds. The second-order valence-corrected chi connectivity index (χ2v) is 4.41. The van der Waals surface area contributed by atoms with E-state index in [1.165, 1.54) is 6.33 Å². The van der Waals surface area contributed by atoms with Crippen molar-refractivity contribution in [1.82, 2.24) is 30.5 Å². The first-order chi connectivity index (χ1) is 9.81. The molecule has 0 aliphatic heterocycles. The molecule has 102 valence electrons. The van der Waals surface area contributed by atoms with Crippen LogP contribution in [0.4, 0.5) is 0 Å². The molecule has 0 radical (unpaired) electrons. The molecule has 1 aromatic carbocycles. The lowest BCUT2D eigenvalue weighted by molar-refractivity contribution is -0.121. The maximum atomic E-state index is 11.7. The number of carbonyl (C=O) groups excluding carboxylic acids is 1. The number of nitrogens with zero attached hydrogens (tertiary/aromatic N) is 3. The fourth-order valence-electron chi connectivity index (χ4n) is 1.94. The molecule has 3 rings (SSSR count). The molecule has 0 atom stereocenters. The molecule has 7 nitrogen and oxygen atoms in total. The van der Waals surface area contributed by atoms with E-state index < -0.39 is 0 Å². The van der Waals surface area contributed by atoms with Crippen molar-refractivity contribution in [2.24, 2.45) is 0 Å². The van der Waals surface area contributed by atoms with Gasteiger partial charge in [0.1, 0.15) is 18.0 Å². The smallest absolute Gasteiger partial charge is 0.220 e. The summed E-state index contributed by atoms with van der Waals surface area (Å²) in [4.78, 5) is 23.3. The molecule has 0 aliphatic rings. The fourth-order valence-corrected chi connectivity index (χ4v) is 1.94. The number of H-pyrrole nitrogens is 2. The molecule has 20 heavy (non-hydrogen) atoms. The number of benzene rings is 1. The van der Waals surface area contributed by atoms with Crippen LogP contribution in [0.2, 0.25) is 0 Å². The van der Waals surface area contributed by atoms with E-state index in [0.29, 0.717) is 25.2 Å². The fraction of sp³-hybridized carbons (Fsp3) is 0.231. The maximum absolute atomic E-state index is 11.7. The second kappa shape index (κ2) is 5.52. The van der Waals surface area contributed by atoms with E-state index in [1.807, 2.05) is 24.3 Å². The molecule has 0 saturated carbocycles. The van der Waals surface area contributed by atoms with Gasteiger partial charge < -0.3 is 10.3 Å². The van der Waals surface area contributed by atoms with Gasteiger partial charge in [0, 0.05) is 12.8 Å². The van der Waals surface area contributed by atoms with Gasteiger partial charge in [-0.25, -0.2) is 9.97 Å². The Labute approximate surface area is 114 Å². The summed E-state index contributed by atoms with van der Waals surface area (Å²) in [6, 6.07) is 7.81. The molecule has 0 fully saturated rings. The molecular formula is C13H14N6O. The lowest BCUT2D eigenvalue weighted by Crippen LogP contribution is -2.23. The highest BCUT2D eigenvalue weighted by Gasteiger charge is 2.06. The summed E-state index contributed by atoms with van der Waals surface area (Å²) in [7, 11) is 0. The number of fused-ring (bicyclic) bond motifs is 1. The SMILES string of the molecule is O=C(CCc1nc2ccccc2[nH]1)NCc1ncn[nH]1. The van der Waals surface area contributed by atoms with Crippen LogP contribution in [0.3, 0.4) is 0 Å². The number of para-hydroxylation sites is 2. The number of aryl methyl sites for hydroxylation is 1. The van der Waals surface area contributed by atoms with Gasteiger partial charge in [0.05, 0.1) is 17.6 Å². The maximum Gasteiger partial charge on any atom is 0.220 e. The van der Waals surface area contributed by atoms with Crippen LogP contribution < -0.4 is 5.32 Å². The Morgan fingerprint density at radius 2 is 2.15 bits per heavy atom. The minimum Gasteiger partial charge on any atom is -0.349 e. The highest BCUT2D eigenvalue weighted by Crippen LogP contribution is 2.11.